The molecule has 158 valence electrons. The average molecular weight is 431 g/mol. The van der Waals surface area contributed by atoms with Gasteiger partial charge in [-0.25, -0.2) is 4.98 Å². The first-order chi connectivity index (χ1) is 15.1. The number of hydrogen-bond acceptors (Lipinski definition) is 4. The van der Waals surface area contributed by atoms with E-state index in [-0.39, 0.29) is 5.91 Å². The molecular weight excluding hydrogens is 404 g/mol. The van der Waals surface area contributed by atoms with E-state index < -0.39 is 0 Å². The maximum atomic E-state index is 13.0. The van der Waals surface area contributed by atoms with Gasteiger partial charge in [-0.05, 0) is 31.0 Å². The van der Waals surface area contributed by atoms with Gasteiger partial charge in [-0.3, -0.25) is 9.20 Å². The topological polar surface area (TPSA) is 40.8 Å². The van der Waals surface area contributed by atoms with Crippen LogP contribution < -0.4 is 4.90 Å². The molecule has 2 aromatic carbocycles. The first kappa shape index (κ1) is 19.8. The van der Waals surface area contributed by atoms with Gasteiger partial charge in [-0.2, -0.15) is 0 Å². The minimum absolute atomic E-state index is 0.190. The molecule has 5 nitrogen and oxygen atoms in total. The van der Waals surface area contributed by atoms with Crippen molar-refractivity contribution in [2.45, 2.75) is 20.3 Å². The Labute approximate surface area is 186 Å². The van der Waals surface area contributed by atoms with Crippen molar-refractivity contribution >= 4 is 27.9 Å². The van der Waals surface area contributed by atoms with Crippen LogP contribution in [0.1, 0.15) is 16.8 Å². The summed E-state index contributed by atoms with van der Waals surface area (Å²) in [7, 11) is 0. The summed E-state index contributed by atoms with van der Waals surface area (Å²) < 4.78 is 2.07. The van der Waals surface area contributed by atoms with Crippen LogP contribution in [0.25, 0.3) is 16.2 Å². The van der Waals surface area contributed by atoms with E-state index in [0.29, 0.717) is 6.42 Å². The summed E-state index contributed by atoms with van der Waals surface area (Å²) in [5.41, 5.74) is 6.99. The molecule has 6 heteroatoms. The van der Waals surface area contributed by atoms with Gasteiger partial charge in [0.05, 0.1) is 12.1 Å². The minimum atomic E-state index is 0.190. The zero-order valence-corrected chi connectivity index (χ0v) is 18.7. The molecule has 2 aromatic heterocycles. The lowest BCUT2D eigenvalue weighted by Gasteiger charge is -2.37. The summed E-state index contributed by atoms with van der Waals surface area (Å²) in [4.78, 5) is 23.1. The van der Waals surface area contributed by atoms with E-state index in [9.17, 15) is 4.79 Å². The predicted octanol–water partition coefficient (Wildman–Crippen LogP) is 4.57. The second kappa shape index (κ2) is 8.19. The normalized spacial score (nSPS) is 14.4. The Bertz CT molecular complexity index is 1220. The number of carbonyl (C=O) groups is 1. The van der Waals surface area contributed by atoms with E-state index in [1.165, 1.54) is 16.8 Å². The number of fused-ring (bicyclic) bond motifs is 1. The van der Waals surface area contributed by atoms with Crippen LogP contribution in [-0.2, 0) is 11.2 Å². The molecule has 4 aromatic rings. The molecule has 5 rings (SSSR count). The predicted molar refractivity (Wildman–Crippen MR) is 127 cm³/mol. The number of aromatic nitrogens is 2. The molecular formula is C25H26N4OS. The van der Waals surface area contributed by atoms with Gasteiger partial charge in [0.1, 0.15) is 0 Å². The summed E-state index contributed by atoms with van der Waals surface area (Å²) in [6.07, 6.45) is 2.45. The Morgan fingerprint density at radius 2 is 1.77 bits per heavy atom. The van der Waals surface area contributed by atoms with Crippen LogP contribution in [0, 0.1) is 13.8 Å². The highest BCUT2D eigenvalue weighted by Gasteiger charge is 2.23. The number of hydrogen-bond donors (Lipinski definition) is 0. The number of carbonyl (C=O) groups excluding carboxylic acids is 1. The number of thiazole rings is 1. The lowest BCUT2D eigenvalue weighted by molar-refractivity contribution is -0.130. The highest BCUT2D eigenvalue weighted by atomic mass is 32.1. The number of imidazole rings is 1. The van der Waals surface area contributed by atoms with Crippen molar-refractivity contribution in [1.82, 2.24) is 14.3 Å². The molecule has 31 heavy (non-hydrogen) atoms. The van der Waals surface area contributed by atoms with Crippen LogP contribution in [0.5, 0.6) is 0 Å². The number of benzene rings is 2. The van der Waals surface area contributed by atoms with Crippen molar-refractivity contribution in [3.63, 3.8) is 0 Å². The Morgan fingerprint density at radius 3 is 2.55 bits per heavy atom. The molecule has 0 radical (unpaired) electrons. The molecule has 1 amide bonds. The standard InChI is InChI=1S/C25H26N4OS/c1-18-7-6-10-23(19(18)2)27-11-13-28(14-12-27)24(30)15-21-17-31-25-26-22(16-29(21)25)20-8-4-3-5-9-20/h3-10,16-17H,11-15H2,1-2H3. The van der Waals surface area contributed by atoms with Crippen LogP contribution >= 0.6 is 11.3 Å². The largest absolute Gasteiger partial charge is 0.368 e. The molecule has 1 aliphatic heterocycles. The van der Waals surface area contributed by atoms with Crippen LogP contribution in [0.4, 0.5) is 5.69 Å². The van der Waals surface area contributed by atoms with Crippen molar-refractivity contribution in [2.75, 3.05) is 31.1 Å². The molecule has 1 saturated heterocycles. The first-order valence-corrected chi connectivity index (χ1v) is 11.6. The minimum Gasteiger partial charge on any atom is -0.368 e. The summed E-state index contributed by atoms with van der Waals surface area (Å²) in [6, 6.07) is 16.6. The van der Waals surface area contributed by atoms with Crippen LogP contribution in [-0.4, -0.2) is 46.4 Å². The third-order valence-corrected chi connectivity index (χ3v) is 7.12. The molecule has 0 saturated carbocycles. The fraction of sp³-hybridized carbons (Fsp3) is 0.280. The SMILES string of the molecule is Cc1cccc(N2CCN(C(=O)Cc3csc4nc(-c5ccccc5)cn34)CC2)c1C. The summed E-state index contributed by atoms with van der Waals surface area (Å²) in [5, 5.41) is 2.06. The van der Waals surface area contributed by atoms with E-state index in [1.807, 2.05) is 29.3 Å². The Morgan fingerprint density at radius 1 is 1.00 bits per heavy atom. The van der Waals surface area contributed by atoms with E-state index >= 15 is 0 Å². The molecule has 0 N–H and O–H groups in total. The van der Waals surface area contributed by atoms with Gasteiger partial charge in [-0.1, -0.05) is 42.5 Å². The second-order valence-electron chi connectivity index (χ2n) is 8.14. The molecule has 3 heterocycles. The highest BCUT2D eigenvalue weighted by Crippen LogP contribution is 2.26. The quantitative estimate of drug-likeness (QED) is 0.476. The molecule has 0 atom stereocenters. The van der Waals surface area contributed by atoms with Gasteiger partial charge < -0.3 is 9.80 Å². The molecule has 0 aliphatic carbocycles. The van der Waals surface area contributed by atoms with Gasteiger partial charge in [0.15, 0.2) is 4.96 Å². The van der Waals surface area contributed by atoms with Gasteiger partial charge in [-0.15, -0.1) is 11.3 Å². The van der Waals surface area contributed by atoms with Crippen molar-refractivity contribution in [2.24, 2.45) is 0 Å². The first-order valence-electron chi connectivity index (χ1n) is 10.7. The van der Waals surface area contributed by atoms with Crippen molar-refractivity contribution < 1.29 is 4.79 Å². The zero-order chi connectivity index (χ0) is 21.4. The fourth-order valence-electron chi connectivity index (χ4n) is 4.25. The fourth-order valence-corrected chi connectivity index (χ4v) is 5.12. The Hall–Kier alpha value is -3.12. The summed E-state index contributed by atoms with van der Waals surface area (Å²) in [6.45, 7) is 7.60. The van der Waals surface area contributed by atoms with Crippen LogP contribution in [0.15, 0.2) is 60.1 Å². The maximum absolute atomic E-state index is 13.0. The maximum Gasteiger partial charge on any atom is 0.228 e. The number of nitrogens with zero attached hydrogens (tertiary/aromatic N) is 4. The molecule has 1 aliphatic rings. The third kappa shape index (κ3) is 3.83. The van der Waals surface area contributed by atoms with Gasteiger partial charge >= 0.3 is 0 Å². The molecule has 1 fully saturated rings. The van der Waals surface area contributed by atoms with Crippen LogP contribution in [0.3, 0.4) is 0 Å². The number of amides is 1. The Balaban J connectivity index is 1.26. The van der Waals surface area contributed by atoms with E-state index in [0.717, 1.165) is 48.1 Å². The second-order valence-corrected chi connectivity index (χ2v) is 8.97. The Kier molecular flexibility index (Phi) is 5.24. The average Bonchev–Trinajstić information content (AvgIpc) is 3.38. The lowest BCUT2D eigenvalue weighted by atomic mass is 10.1. The van der Waals surface area contributed by atoms with Crippen molar-refractivity contribution in [3.05, 3.63) is 76.9 Å². The smallest absolute Gasteiger partial charge is 0.228 e. The molecule has 0 bridgehead atoms. The van der Waals surface area contributed by atoms with Crippen LogP contribution in [0.2, 0.25) is 0 Å². The van der Waals surface area contributed by atoms with Gasteiger partial charge in [0.25, 0.3) is 0 Å². The lowest BCUT2D eigenvalue weighted by Crippen LogP contribution is -2.49. The number of aryl methyl sites for hydroxylation is 1. The number of rotatable bonds is 4. The number of anilines is 1. The number of piperazine rings is 1. The molecule has 0 unspecified atom stereocenters. The van der Waals surface area contributed by atoms with Gasteiger partial charge in [0, 0.05) is 54.7 Å². The van der Waals surface area contributed by atoms with Crippen molar-refractivity contribution in [1.29, 1.82) is 0 Å². The van der Waals surface area contributed by atoms with Crippen molar-refractivity contribution in [3.8, 4) is 11.3 Å². The molecule has 0 spiro atoms. The third-order valence-electron chi connectivity index (χ3n) is 6.23. The highest BCUT2D eigenvalue weighted by molar-refractivity contribution is 7.15. The van der Waals surface area contributed by atoms with Gasteiger partial charge in [0.2, 0.25) is 5.91 Å². The monoisotopic (exact) mass is 430 g/mol. The van der Waals surface area contributed by atoms with E-state index in [4.69, 9.17) is 4.98 Å². The summed E-state index contributed by atoms with van der Waals surface area (Å²) >= 11 is 1.59. The summed E-state index contributed by atoms with van der Waals surface area (Å²) in [5.74, 6) is 0.190. The van der Waals surface area contributed by atoms with E-state index in [2.05, 4.69) is 58.9 Å². The van der Waals surface area contributed by atoms with E-state index in [1.54, 1.807) is 11.3 Å². The zero-order valence-electron chi connectivity index (χ0n) is 17.9.